The van der Waals surface area contributed by atoms with Gasteiger partial charge in [0, 0.05) is 6.07 Å². The Balaban J connectivity index is 2.05. The Bertz CT molecular complexity index is 728. The number of nitrogens with one attached hydrogen (secondary N) is 1. The number of anilines is 1. The van der Waals surface area contributed by atoms with Crippen LogP contribution in [0.15, 0.2) is 42.5 Å². The summed E-state index contributed by atoms with van der Waals surface area (Å²) >= 11 is 0. The monoisotopic (exact) mass is 330 g/mol. The van der Waals surface area contributed by atoms with Crippen LogP contribution in [-0.4, -0.2) is 24.5 Å². The second-order valence-corrected chi connectivity index (χ2v) is 4.94. The topological polar surface area (TPSA) is 90.7 Å². The summed E-state index contributed by atoms with van der Waals surface area (Å²) in [5, 5.41) is 13.5. The van der Waals surface area contributed by atoms with E-state index >= 15 is 0 Å². The van der Waals surface area contributed by atoms with Gasteiger partial charge in [0.15, 0.2) is 0 Å². The number of methoxy groups -OCH3 is 1. The molecule has 7 nitrogen and oxygen atoms in total. The van der Waals surface area contributed by atoms with Gasteiger partial charge >= 0.3 is 0 Å². The van der Waals surface area contributed by atoms with Crippen molar-refractivity contribution in [2.75, 3.05) is 19.0 Å². The molecule has 0 atom stereocenters. The van der Waals surface area contributed by atoms with E-state index in [1.807, 2.05) is 19.1 Å². The van der Waals surface area contributed by atoms with Gasteiger partial charge in [0.2, 0.25) is 5.91 Å². The number of non-ortho nitro benzene ring substituents is 1. The Kier molecular flexibility index (Phi) is 5.73. The molecule has 1 amide bonds. The lowest BCUT2D eigenvalue weighted by Crippen LogP contribution is -2.15. The average Bonchev–Trinajstić information content (AvgIpc) is 2.57. The van der Waals surface area contributed by atoms with Gasteiger partial charge in [0.1, 0.15) is 11.5 Å². The number of amides is 1. The highest BCUT2D eigenvalue weighted by atomic mass is 16.6. The molecule has 0 aromatic heterocycles. The molecule has 24 heavy (non-hydrogen) atoms. The van der Waals surface area contributed by atoms with Crippen molar-refractivity contribution in [3.05, 3.63) is 58.1 Å². The Labute approximate surface area is 139 Å². The largest absolute Gasteiger partial charge is 0.494 e. The van der Waals surface area contributed by atoms with Crippen molar-refractivity contribution >= 4 is 17.3 Å². The molecule has 0 saturated carbocycles. The molecule has 0 heterocycles. The van der Waals surface area contributed by atoms with E-state index in [-0.39, 0.29) is 23.8 Å². The molecule has 2 aromatic carbocycles. The quantitative estimate of drug-likeness (QED) is 0.622. The van der Waals surface area contributed by atoms with Crippen LogP contribution in [0.1, 0.15) is 12.5 Å². The SMILES string of the molecule is CCOc1ccc(CC(=O)Nc2ccc([N+](=O)[O-])cc2OC)cc1. The van der Waals surface area contributed by atoms with Gasteiger partial charge < -0.3 is 14.8 Å². The number of benzene rings is 2. The molecule has 2 rings (SSSR count). The van der Waals surface area contributed by atoms with Crippen LogP contribution < -0.4 is 14.8 Å². The lowest BCUT2D eigenvalue weighted by Gasteiger charge is -2.10. The lowest BCUT2D eigenvalue weighted by molar-refractivity contribution is -0.384. The zero-order chi connectivity index (χ0) is 17.5. The van der Waals surface area contributed by atoms with E-state index in [9.17, 15) is 14.9 Å². The third-order valence-corrected chi connectivity index (χ3v) is 3.27. The minimum Gasteiger partial charge on any atom is -0.494 e. The summed E-state index contributed by atoms with van der Waals surface area (Å²) in [6.45, 7) is 2.48. The highest BCUT2D eigenvalue weighted by molar-refractivity contribution is 5.93. The predicted octanol–water partition coefficient (Wildman–Crippen LogP) is 3.18. The Morgan fingerprint density at radius 1 is 1.21 bits per heavy atom. The van der Waals surface area contributed by atoms with Crippen molar-refractivity contribution in [2.45, 2.75) is 13.3 Å². The minimum absolute atomic E-state index is 0.101. The van der Waals surface area contributed by atoms with Gasteiger partial charge in [0.05, 0.1) is 36.8 Å². The molecule has 0 unspecified atom stereocenters. The fourth-order valence-corrected chi connectivity index (χ4v) is 2.15. The fourth-order valence-electron chi connectivity index (χ4n) is 2.15. The standard InChI is InChI=1S/C17H18N2O5/c1-3-24-14-7-4-12(5-8-14)10-17(20)18-15-9-6-13(19(21)22)11-16(15)23-2/h4-9,11H,3,10H2,1-2H3,(H,18,20). The first kappa shape index (κ1) is 17.3. The number of ether oxygens (including phenoxy) is 2. The van der Waals surface area contributed by atoms with Crippen molar-refractivity contribution in [3.63, 3.8) is 0 Å². The molecule has 0 saturated heterocycles. The van der Waals surface area contributed by atoms with E-state index in [0.29, 0.717) is 12.3 Å². The second kappa shape index (κ2) is 7.96. The molecule has 0 fully saturated rings. The summed E-state index contributed by atoms with van der Waals surface area (Å²) < 4.78 is 10.4. The number of rotatable bonds is 7. The molecule has 126 valence electrons. The van der Waals surface area contributed by atoms with Gasteiger partial charge in [-0.1, -0.05) is 12.1 Å². The zero-order valence-corrected chi connectivity index (χ0v) is 13.4. The molecule has 7 heteroatoms. The van der Waals surface area contributed by atoms with E-state index in [4.69, 9.17) is 9.47 Å². The maximum absolute atomic E-state index is 12.1. The number of hydrogen-bond donors (Lipinski definition) is 1. The first-order valence-corrected chi connectivity index (χ1v) is 7.37. The summed E-state index contributed by atoms with van der Waals surface area (Å²) in [6, 6.07) is 11.3. The first-order chi connectivity index (χ1) is 11.5. The van der Waals surface area contributed by atoms with Crippen molar-refractivity contribution in [1.82, 2.24) is 0 Å². The summed E-state index contributed by atoms with van der Waals surface area (Å²) in [7, 11) is 1.39. The highest BCUT2D eigenvalue weighted by Gasteiger charge is 2.13. The van der Waals surface area contributed by atoms with Crippen molar-refractivity contribution in [1.29, 1.82) is 0 Å². The molecule has 0 bridgehead atoms. The van der Waals surface area contributed by atoms with Crippen LogP contribution in [0.3, 0.4) is 0 Å². The summed E-state index contributed by atoms with van der Waals surface area (Å²) in [5.74, 6) is 0.745. The molecule has 0 radical (unpaired) electrons. The van der Waals surface area contributed by atoms with Crippen molar-refractivity contribution in [3.8, 4) is 11.5 Å². The number of carbonyl (C=O) groups excluding carboxylic acids is 1. The third-order valence-electron chi connectivity index (χ3n) is 3.27. The van der Waals surface area contributed by atoms with Crippen LogP contribution in [0.2, 0.25) is 0 Å². The van der Waals surface area contributed by atoms with Crippen LogP contribution >= 0.6 is 0 Å². The van der Waals surface area contributed by atoms with E-state index in [1.165, 1.54) is 25.3 Å². The number of carbonyl (C=O) groups is 1. The van der Waals surface area contributed by atoms with Gasteiger partial charge in [-0.2, -0.15) is 0 Å². The number of hydrogen-bond acceptors (Lipinski definition) is 5. The fraction of sp³-hybridized carbons (Fsp3) is 0.235. The van der Waals surface area contributed by atoms with E-state index < -0.39 is 4.92 Å². The number of nitro groups is 1. The molecular weight excluding hydrogens is 312 g/mol. The van der Waals surface area contributed by atoms with Gasteiger partial charge in [-0.05, 0) is 30.7 Å². The average molecular weight is 330 g/mol. The normalized spacial score (nSPS) is 10.1. The Hall–Kier alpha value is -3.09. The number of nitrogens with zero attached hydrogens (tertiary/aromatic N) is 1. The van der Waals surface area contributed by atoms with Gasteiger partial charge in [-0.25, -0.2) is 0 Å². The van der Waals surface area contributed by atoms with E-state index in [2.05, 4.69) is 5.32 Å². The first-order valence-electron chi connectivity index (χ1n) is 7.37. The summed E-state index contributed by atoms with van der Waals surface area (Å²) in [5.41, 5.74) is 1.12. The van der Waals surface area contributed by atoms with Crippen molar-refractivity contribution < 1.29 is 19.2 Å². The smallest absolute Gasteiger partial charge is 0.273 e. The highest BCUT2D eigenvalue weighted by Crippen LogP contribution is 2.29. The summed E-state index contributed by atoms with van der Waals surface area (Å²) in [6.07, 6.45) is 0.173. The minimum atomic E-state index is -0.520. The van der Waals surface area contributed by atoms with Crippen LogP contribution in [0.5, 0.6) is 11.5 Å². The molecule has 0 aliphatic heterocycles. The van der Waals surface area contributed by atoms with Crippen LogP contribution in [0.4, 0.5) is 11.4 Å². The number of nitro benzene ring substituents is 1. The predicted molar refractivity (Wildman–Crippen MR) is 89.6 cm³/mol. The van der Waals surface area contributed by atoms with Crippen LogP contribution in [0, 0.1) is 10.1 Å². The molecule has 2 aromatic rings. The Morgan fingerprint density at radius 2 is 1.92 bits per heavy atom. The van der Waals surface area contributed by atoms with E-state index in [1.54, 1.807) is 12.1 Å². The third kappa shape index (κ3) is 4.45. The van der Waals surface area contributed by atoms with Gasteiger partial charge in [-0.15, -0.1) is 0 Å². The van der Waals surface area contributed by atoms with Gasteiger partial charge in [-0.3, -0.25) is 14.9 Å². The molecular formula is C17H18N2O5. The van der Waals surface area contributed by atoms with E-state index in [0.717, 1.165) is 11.3 Å². The molecule has 0 aliphatic carbocycles. The van der Waals surface area contributed by atoms with Gasteiger partial charge in [0.25, 0.3) is 5.69 Å². The van der Waals surface area contributed by atoms with Crippen LogP contribution in [-0.2, 0) is 11.2 Å². The van der Waals surface area contributed by atoms with Crippen LogP contribution in [0.25, 0.3) is 0 Å². The lowest BCUT2D eigenvalue weighted by atomic mass is 10.1. The maximum atomic E-state index is 12.1. The molecule has 0 spiro atoms. The molecule has 0 aliphatic rings. The maximum Gasteiger partial charge on any atom is 0.273 e. The molecule has 1 N–H and O–H groups in total. The summed E-state index contributed by atoms with van der Waals surface area (Å²) in [4.78, 5) is 22.4. The van der Waals surface area contributed by atoms with Crippen molar-refractivity contribution in [2.24, 2.45) is 0 Å². The zero-order valence-electron chi connectivity index (χ0n) is 13.4. The Morgan fingerprint density at radius 3 is 2.50 bits per heavy atom. The second-order valence-electron chi connectivity index (χ2n) is 4.94.